The molecule has 0 unspecified atom stereocenters. The van der Waals surface area contributed by atoms with E-state index in [0.717, 1.165) is 11.1 Å². The molecule has 0 bridgehead atoms. The number of hydrogen-bond acceptors (Lipinski definition) is 3. The Morgan fingerprint density at radius 3 is 2.56 bits per heavy atom. The molecule has 25 heavy (non-hydrogen) atoms. The molecule has 5 heteroatoms. The van der Waals surface area contributed by atoms with Crippen molar-refractivity contribution in [1.29, 1.82) is 0 Å². The Labute approximate surface area is 143 Å². The number of nitrogens with one attached hydrogen (secondary N) is 1. The van der Waals surface area contributed by atoms with Gasteiger partial charge in [-0.05, 0) is 60.5 Å². The van der Waals surface area contributed by atoms with Crippen LogP contribution in [0.25, 0.3) is 11.3 Å². The number of rotatable bonds is 3. The molecule has 1 aromatic heterocycles. The van der Waals surface area contributed by atoms with E-state index in [4.69, 9.17) is 4.42 Å². The third-order valence-corrected chi connectivity index (χ3v) is 4.34. The Morgan fingerprint density at radius 2 is 1.84 bits per heavy atom. The van der Waals surface area contributed by atoms with E-state index in [0.29, 0.717) is 35.4 Å². The highest BCUT2D eigenvalue weighted by atomic mass is 19.1. The number of Topliss-reactive ketones (excluding diaryl/α,β-unsaturated/α-hetero) is 1. The largest absolute Gasteiger partial charge is 0.464 e. The number of hydrogen-bond donors (Lipinski definition) is 1. The van der Waals surface area contributed by atoms with Crippen LogP contribution in [0.2, 0.25) is 0 Å². The molecule has 0 atom stereocenters. The molecule has 124 valence electrons. The molecule has 1 N–H and O–H groups in total. The molecule has 3 aromatic rings. The van der Waals surface area contributed by atoms with Gasteiger partial charge in [-0.3, -0.25) is 9.59 Å². The zero-order chi connectivity index (χ0) is 17.4. The summed E-state index contributed by atoms with van der Waals surface area (Å²) in [5, 5.41) is 2.77. The van der Waals surface area contributed by atoms with Crippen molar-refractivity contribution < 1.29 is 18.4 Å². The Bertz CT molecular complexity index is 959. The van der Waals surface area contributed by atoms with Crippen LogP contribution in [0, 0.1) is 5.82 Å². The third-order valence-electron chi connectivity index (χ3n) is 4.34. The standard InChI is InChI=1S/C20H14FNO3/c21-13-5-3-12(4-6-13)20(24)22-16-9-7-14(18-2-1-11-25-18)15-8-10-17(23)19(15)16/h1-7,9,11H,8,10H2,(H,22,24). The van der Waals surface area contributed by atoms with Crippen LogP contribution in [0.3, 0.4) is 0 Å². The van der Waals surface area contributed by atoms with E-state index in [9.17, 15) is 14.0 Å². The van der Waals surface area contributed by atoms with E-state index < -0.39 is 5.82 Å². The minimum atomic E-state index is -0.407. The second kappa shape index (κ2) is 6.02. The van der Waals surface area contributed by atoms with Crippen molar-refractivity contribution in [3.8, 4) is 11.3 Å². The second-order valence-electron chi connectivity index (χ2n) is 5.88. The topological polar surface area (TPSA) is 59.3 Å². The van der Waals surface area contributed by atoms with Crippen LogP contribution in [-0.2, 0) is 6.42 Å². The molecule has 0 saturated heterocycles. The van der Waals surface area contributed by atoms with Crippen molar-refractivity contribution in [3.05, 3.63) is 77.3 Å². The van der Waals surface area contributed by atoms with E-state index in [1.807, 2.05) is 12.1 Å². The van der Waals surface area contributed by atoms with Gasteiger partial charge in [0.2, 0.25) is 0 Å². The van der Waals surface area contributed by atoms with Gasteiger partial charge in [0.05, 0.1) is 12.0 Å². The minimum absolute atomic E-state index is 0.00203. The number of furan rings is 1. The maximum atomic E-state index is 13.0. The highest BCUT2D eigenvalue weighted by Crippen LogP contribution is 2.37. The van der Waals surface area contributed by atoms with Crippen LogP contribution in [0.4, 0.5) is 10.1 Å². The summed E-state index contributed by atoms with van der Waals surface area (Å²) in [6.07, 6.45) is 2.61. The fourth-order valence-electron chi connectivity index (χ4n) is 3.15. The molecule has 4 nitrogen and oxygen atoms in total. The molecule has 2 aromatic carbocycles. The maximum absolute atomic E-state index is 13.0. The minimum Gasteiger partial charge on any atom is -0.464 e. The molecule has 0 aliphatic heterocycles. The number of ketones is 1. The summed E-state index contributed by atoms with van der Waals surface area (Å²) in [7, 11) is 0. The average molecular weight is 335 g/mol. The first-order valence-electron chi connectivity index (χ1n) is 7.93. The van der Waals surface area contributed by atoms with Gasteiger partial charge in [-0.15, -0.1) is 0 Å². The molecule has 4 rings (SSSR count). The molecule has 1 amide bonds. The fourth-order valence-corrected chi connectivity index (χ4v) is 3.15. The van der Waals surface area contributed by atoms with Gasteiger partial charge in [-0.25, -0.2) is 4.39 Å². The van der Waals surface area contributed by atoms with Gasteiger partial charge < -0.3 is 9.73 Å². The predicted molar refractivity (Wildman–Crippen MR) is 91.1 cm³/mol. The molecule has 0 saturated carbocycles. The molecule has 1 aliphatic rings. The molecular formula is C20H14FNO3. The van der Waals surface area contributed by atoms with Crippen molar-refractivity contribution in [2.45, 2.75) is 12.8 Å². The normalized spacial score (nSPS) is 12.9. The van der Waals surface area contributed by atoms with Gasteiger partial charge >= 0.3 is 0 Å². The van der Waals surface area contributed by atoms with Gasteiger partial charge in [0.1, 0.15) is 11.6 Å². The third kappa shape index (κ3) is 2.74. The molecule has 0 radical (unpaired) electrons. The Hall–Kier alpha value is -3.21. The number of carbonyl (C=O) groups excluding carboxylic acids is 2. The molecule has 0 fully saturated rings. The predicted octanol–water partition coefficient (Wildman–Crippen LogP) is 4.47. The van der Waals surface area contributed by atoms with E-state index in [2.05, 4.69) is 5.32 Å². The quantitative estimate of drug-likeness (QED) is 0.768. The zero-order valence-electron chi connectivity index (χ0n) is 13.2. The first kappa shape index (κ1) is 15.3. The van der Waals surface area contributed by atoms with Crippen molar-refractivity contribution >= 4 is 17.4 Å². The molecule has 1 aliphatic carbocycles. The van der Waals surface area contributed by atoms with Crippen LogP contribution in [0.15, 0.2) is 59.2 Å². The number of anilines is 1. The maximum Gasteiger partial charge on any atom is 0.255 e. The fraction of sp³-hybridized carbons (Fsp3) is 0.100. The monoisotopic (exact) mass is 335 g/mol. The number of carbonyl (C=O) groups is 2. The molecule has 0 spiro atoms. The van der Waals surface area contributed by atoms with Crippen LogP contribution in [0.5, 0.6) is 0 Å². The first-order chi connectivity index (χ1) is 12.1. The van der Waals surface area contributed by atoms with Crippen LogP contribution < -0.4 is 5.32 Å². The van der Waals surface area contributed by atoms with Crippen LogP contribution in [0.1, 0.15) is 32.7 Å². The smallest absolute Gasteiger partial charge is 0.255 e. The van der Waals surface area contributed by atoms with Gasteiger partial charge in [-0.2, -0.15) is 0 Å². The molecular weight excluding hydrogens is 321 g/mol. The van der Waals surface area contributed by atoms with E-state index in [1.165, 1.54) is 24.3 Å². The van der Waals surface area contributed by atoms with Gasteiger partial charge in [0.15, 0.2) is 5.78 Å². The van der Waals surface area contributed by atoms with E-state index in [-0.39, 0.29) is 11.7 Å². The summed E-state index contributed by atoms with van der Waals surface area (Å²) in [6.45, 7) is 0. The SMILES string of the molecule is O=C(Nc1ccc(-c2ccco2)c2c1C(=O)CC2)c1ccc(F)cc1. The highest BCUT2D eigenvalue weighted by molar-refractivity contribution is 6.12. The number of halogens is 1. The average Bonchev–Trinajstić information content (AvgIpc) is 3.26. The lowest BCUT2D eigenvalue weighted by Crippen LogP contribution is -2.14. The van der Waals surface area contributed by atoms with Crippen molar-refractivity contribution in [1.82, 2.24) is 0 Å². The Kier molecular flexibility index (Phi) is 3.69. The van der Waals surface area contributed by atoms with Crippen molar-refractivity contribution in [3.63, 3.8) is 0 Å². The Morgan fingerprint density at radius 1 is 1.04 bits per heavy atom. The first-order valence-corrected chi connectivity index (χ1v) is 7.93. The summed E-state index contributed by atoms with van der Waals surface area (Å²) in [5.41, 5.74) is 3.09. The summed E-state index contributed by atoms with van der Waals surface area (Å²) >= 11 is 0. The van der Waals surface area contributed by atoms with Gasteiger partial charge in [-0.1, -0.05) is 0 Å². The summed E-state index contributed by atoms with van der Waals surface area (Å²) in [6, 6.07) is 12.5. The van der Waals surface area contributed by atoms with Gasteiger partial charge in [0.25, 0.3) is 5.91 Å². The van der Waals surface area contributed by atoms with Crippen molar-refractivity contribution in [2.75, 3.05) is 5.32 Å². The van der Waals surface area contributed by atoms with E-state index >= 15 is 0 Å². The number of benzene rings is 2. The van der Waals surface area contributed by atoms with Gasteiger partial charge in [0, 0.05) is 23.1 Å². The zero-order valence-corrected chi connectivity index (χ0v) is 13.2. The summed E-state index contributed by atoms with van der Waals surface area (Å²) in [5.74, 6) is -0.0942. The van der Waals surface area contributed by atoms with Crippen LogP contribution >= 0.6 is 0 Å². The number of fused-ring (bicyclic) bond motifs is 1. The highest BCUT2D eigenvalue weighted by Gasteiger charge is 2.27. The lowest BCUT2D eigenvalue weighted by Gasteiger charge is -2.12. The lowest BCUT2D eigenvalue weighted by molar-refractivity contribution is 0.0995. The molecule has 1 heterocycles. The second-order valence-corrected chi connectivity index (χ2v) is 5.88. The van der Waals surface area contributed by atoms with Crippen LogP contribution in [-0.4, -0.2) is 11.7 Å². The summed E-state index contributed by atoms with van der Waals surface area (Å²) in [4.78, 5) is 24.7. The number of amides is 1. The lowest BCUT2D eigenvalue weighted by atomic mass is 9.99. The summed E-state index contributed by atoms with van der Waals surface area (Å²) < 4.78 is 18.4. The van der Waals surface area contributed by atoms with Crippen molar-refractivity contribution in [2.24, 2.45) is 0 Å². The van der Waals surface area contributed by atoms with E-state index in [1.54, 1.807) is 18.4 Å². The Balaban J connectivity index is 1.71.